The summed E-state index contributed by atoms with van der Waals surface area (Å²) >= 11 is 0. The van der Waals surface area contributed by atoms with Gasteiger partial charge in [-0.1, -0.05) is 120 Å². The summed E-state index contributed by atoms with van der Waals surface area (Å²) in [6.07, 6.45) is 11.2. The molecule has 1 heterocycles. The minimum Gasteiger partial charge on any atom is -0.507 e. The number of aromatic hydroxyl groups is 1. The van der Waals surface area contributed by atoms with Gasteiger partial charge in [0.15, 0.2) is 0 Å². The van der Waals surface area contributed by atoms with Crippen LogP contribution < -0.4 is 5.32 Å². The highest BCUT2D eigenvalue weighted by molar-refractivity contribution is 7.87. The summed E-state index contributed by atoms with van der Waals surface area (Å²) in [5.74, 6) is -0.164. The average Bonchev–Trinajstić information content (AvgIpc) is 2.95. The van der Waals surface area contributed by atoms with Gasteiger partial charge in [-0.15, -0.1) is 0 Å². The lowest BCUT2D eigenvalue weighted by molar-refractivity contribution is 0.298. The standard InChI is InChI=1S/C33H56N4O7S2/c1-9-11-13-15-17-19-21-43-45(39,40)30-35-29(36-31(37-30)46(41,42)44-22-20-18-16-14-12-10-2)34-25-23-26(32(3,4)5)28(38)27(24-25)33(6,7)8/h23-24,38H,9-22H2,1-8H3,(H,34,35,36,37). The number of phenols is 1. The van der Waals surface area contributed by atoms with Crippen molar-refractivity contribution in [2.24, 2.45) is 0 Å². The Morgan fingerprint density at radius 1 is 0.630 bits per heavy atom. The molecule has 0 saturated heterocycles. The highest BCUT2D eigenvalue weighted by atomic mass is 32.2. The molecule has 11 nitrogen and oxygen atoms in total. The molecule has 2 N–H and O–H groups in total. The quantitative estimate of drug-likeness (QED) is 0.0790. The van der Waals surface area contributed by atoms with Crippen molar-refractivity contribution < 1.29 is 30.3 Å². The summed E-state index contributed by atoms with van der Waals surface area (Å²) in [4.78, 5) is 11.9. The minimum absolute atomic E-state index is 0.0820. The molecule has 0 unspecified atom stereocenters. The summed E-state index contributed by atoms with van der Waals surface area (Å²) < 4.78 is 63.1. The fourth-order valence-electron chi connectivity index (χ4n) is 4.80. The lowest BCUT2D eigenvalue weighted by Crippen LogP contribution is -2.20. The van der Waals surface area contributed by atoms with Gasteiger partial charge in [-0.2, -0.15) is 31.8 Å². The van der Waals surface area contributed by atoms with Gasteiger partial charge >= 0.3 is 20.2 Å². The van der Waals surface area contributed by atoms with Crippen LogP contribution in [0.4, 0.5) is 11.6 Å². The largest absolute Gasteiger partial charge is 0.507 e. The third kappa shape index (κ3) is 12.7. The second-order valence-corrected chi connectivity index (χ2v) is 16.9. The average molecular weight is 685 g/mol. The Labute approximate surface area is 277 Å². The molecule has 0 saturated carbocycles. The molecule has 0 amide bonds. The summed E-state index contributed by atoms with van der Waals surface area (Å²) in [5, 5.41) is 12.4. The predicted octanol–water partition coefficient (Wildman–Crippen LogP) is 8.05. The normalized spacial score (nSPS) is 12.9. The van der Waals surface area contributed by atoms with E-state index in [0.717, 1.165) is 64.2 Å². The van der Waals surface area contributed by atoms with Crippen LogP contribution in [-0.2, 0) is 39.4 Å². The second-order valence-electron chi connectivity index (χ2n) is 13.9. The topological polar surface area (TPSA) is 158 Å². The highest BCUT2D eigenvalue weighted by Gasteiger charge is 2.30. The lowest BCUT2D eigenvalue weighted by atomic mass is 9.79. The van der Waals surface area contributed by atoms with Crippen molar-refractivity contribution in [3.05, 3.63) is 23.3 Å². The monoisotopic (exact) mass is 684 g/mol. The maximum atomic E-state index is 13.2. The molecular weight excluding hydrogens is 629 g/mol. The molecule has 1 aromatic carbocycles. The number of anilines is 2. The predicted molar refractivity (Wildman–Crippen MR) is 182 cm³/mol. The Kier molecular flexibility index (Phi) is 15.3. The van der Waals surface area contributed by atoms with E-state index in [1.54, 1.807) is 12.1 Å². The van der Waals surface area contributed by atoms with Gasteiger partial charge in [0.05, 0.1) is 13.2 Å². The molecule has 0 fully saturated rings. The van der Waals surface area contributed by atoms with E-state index in [1.165, 1.54) is 0 Å². The van der Waals surface area contributed by atoms with Crippen LogP contribution in [0.2, 0.25) is 0 Å². The van der Waals surface area contributed by atoms with Crippen LogP contribution in [0.15, 0.2) is 22.4 Å². The molecule has 0 spiro atoms. The third-order valence-corrected chi connectivity index (χ3v) is 9.71. The molecular formula is C33H56N4O7S2. The molecule has 0 atom stereocenters. The van der Waals surface area contributed by atoms with E-state index in [1.807, 2.05) is 41.5 Å². The Morgan fingerprint density at radius 3 is 1.37 bits per heavy atom. The summed E-state index contributed by atoms with van der Waals surface area (Å²) in [5.41, 5.74) is 0.826. The number of phenolic OH excluding ortho intramolecular Hbond substituents is 1. The van der Waals surface area contributed by atoms with E-state index in [9.17, 15) is 21.9 Å². The van der Waals surface area contributed by atoms with Crippen molar-refractivity contribution >= 4 is 31.9 Å². The fraction of sp³-hybridized carbons (Fsp3) is 0.727. The number of unbranched alkanes of at least 4 members (excludes halogenated alkanes) is 10. The Bertz CT molecular complexity index is 1360. The number of nitrogens with one attached hydrogen (secondary N) is 1. The van der Waals surface area contributed by atoms with E-state index >= 15 is 0 Å². The number of hydrogen-bond acceptors (Lipinski definition) is 11. The maximum Gasteiger partial charge on any atom is 0.333 e. The molecule has 2 aromatic rings. The molecule has 0 aliphatic rings. The number of hydrogen-bond donors (Lipinski definition) is 2. The molecule has 0 radical (unpaired) electrons. The van der Waals surface area contributed by atoms with Crippen LogP contribution in [0, 0.1) is 0 Å². The minimum atomic E-state index is -4.53. The van der Waals surface area contributed by atoms with Gasteiger partial charge in [0.1, 0.15) is 5.75 Å². The Hall–Kier alpha value is -2.35. The first-order valence-electron chi connectivity index (χ1n) is 16.6. The SMILES string of the molecule is CCCCCCCCOS(=O)(=O)c1nc(Nc2cc(C(C)(C)C)c(O)c(C(C)(C)C)c2)nc(S(=O)(=O)OCCCCCCCC)n1. The second kappa shape index (κ2) is 17.7. The van der Waals surface area contributed by atoms with Gasteiger partial charge in [0, 0.05) is 16.8 Å². The Balaban J connectivity index is 2.45. The van der Waals surface area contributed by atoms with Crippen LogP contribution in [-0.4, -0.2) is 50.1 Å². The van der Waals surface area contributed by atoms with Crippen LogP contribution in [0.5, 0.6) is 5.75 Å². The lowest BCUT2D eigenvalue weighted by Gasteiger charge is -2.28. The number of rotatable bonds is 20. The summed E-state index contributed by atoms with van der Waals surface area (Å²) in [6, 6.07) is 3.42. The number of benzene rings is 1. The fourth-order valence-corrected chi connectivity index (χ4v) is 6.54. The first-order valence-corrected chi connectivity index (χ1v) is 19.4. The van der Waals surface area contributed by atoms with Gasteiger partial charge in [0.2, 0.25) is 5.95 Å². The Morgan fingerprint density at radius 2 is 1.00 bits per heavy atom. The van der Waals surface area contributed by atoms with Crippen molar-refractivity contribution in [1.29, 1.82) is 0 Å². The maximum absolute atomic E-state index is 13.2. The summed E-state index contributed by atoms with van der Waals surface area (Å²) in [7, 11) is -9.05. The molecule has 13 heteroatoms. The van der Waals surface area contributed by atoms with Crippen molar-refractivity contribution in [3.63, 3.8) is 0 Å². The smallest absolute Gasteiger partial charge is 0.333 e. The zero-order valence-corrected chi connectivity index (χ0v) is 30.7. The molecule has 2 rings (SSSR count). The van der Waals surface area contributed by atoms with Gasteiger partial charge < -0.3 is 10.4 Å². The van der Waals surface area contributed by atoms with E-state index in [2.05, 4.69) is 34.1 Å². The number of nitrogens with zero attached hydrogens (tertiary/aromatic N) is 3. The van der Waals surface area contributed by atoms with Gasteiger partial charge in [-0.05, 0) is 35.8 Å². The van der Waals surface area contributed by atoms with Gasteiger partial charge in [-0.3, -0.25) is 8.37 Å². The van der Waals surface area contributed by atoms with E-state index in [4.69, 9.17) is 8.37 Å². The van der Waals surface area contributed by atoms with Crippen molar-refractivity contribution in [1.82, 2.24) is 15.0 Å². The van der Waals surface area contributed by atoms with E-state index in [0.29, 0.717) is 29.7 Å². The van der Waals surface area contributed by atoms with Crippen molar-refractivity contribution in [2.75, 3.05) is 18.5 Å². The van der Waals surface area contributed by atoms with Gasteiger partial charge in [0.25, 0.3) is 10.3 Å². The van der Waals surface area contributed by atoms with E-state index < -0.39 is 41.4 Å². The summed E-state index contributed by atoms with van der Waals surface area (Å²) in [6.45, 7) is 15.8. The highest BCUT2D eigenvalue weighted by Crippen LogP contribution is 2.41. The van der Waals surface area contributed by atoms with Crippen LogP contribution in [0.25, 0.3) is 0 Å². The third-order valence-electron chi connectivity index (χ3n) is 7.50. The molecule has 262 valence electrons. The van der Waals surface area contributed by atoms with Crippen LogP contribution >= 0.6 is 0 Å². The first kappa shape index (κ1) is 39.8. The molecule has 46 heavy (non-hydrogen) atoms. The zero-order valence-electron chi connectivity index (χ0n) is 29.1. The molecule has 0 aliphatic heterocycles. The van der Waals surface area contributed by atoms with Crippen LogP contribution in [0.1, 0.15) is 144 Å². The molecule has 0 aliphatic carbocycles. The van der Waals surface area contributed by atoms with Crippen molar-refractivity contribution in [3.8, 4) is 5.75 Å². The first-order chi connectivity index (χ1) is 21.4. The number of aromatic nitrogens is 3. The molecule has 0 bridgehead atoms. The van der Waals surface area contributed by atoms with Crippen molar-refractivity contribution in [2.45, 2.75) is 154 Å². The van der Waals surface area contributed by atoms with Gasteiger partial charge in [-0.25, -0.2) is 0 Å². The molecule has 1 aromatic heterocycles. The van der Waals surface area contributed by atoms with E-state index in [-0.39, 0.29) is 24.9 Å². The zero-order chi connectivity index (χ0) is 34.6. The van der Waals surface area contributed by atoms with Crippen LogP contribution in [0.3, 0.4) is 0 Å².